The van der Waals surface area contributed by atoms with Crippen molar-refractivity contribution in [1.82, 2.24) is 4.98 Å². The highest BCUT2D eigenvalue weighted by Crippen LogP contribution is 2.28. The highest BCUT2D eigenvalue weighted by Gasteiger charge is 2.13. The third-order valence-electron chi connectivity index (χ3n) is 2.90. The Morgan fingerprint density at radius 2 is 2.24 bits per heavy atom. The van der Waals surface area contributed by atoms with E-state index < -0.39 is 0 Å². The number of benzene rings is 1. The molecule has 2 rings (SSSR count). The highest BCUT2D eigenvalue weighted by molar-refractivity contribution is 5.86. The van der Waals surface area contributed by atoms with E-state index in [9.17, 15) is 0 Å². The Kier molecular flexibility index (Phi) is 3.24. The number of ether oxygens (including phenoxy) is 1. The fraction of sp³-hybridized carbons (Fsp3) is 0.286. The Morgan fingerprint density at radius 1 is 1.41 bits per heavy atom. The van der Waals surface area contributed by atoms with E-state index in [2.05, 4.69) is 11.1 Å². The fourth-order valence-electron chi connectivity index (χ4n) is 1.92. The third-order valence-corrected chi connectivity index (χ3v) is 2.90. The summed E-state index contributed by atoms with van der Waals surface area (Å²) >= 11 is 0. The summed E-state index contributed by atoms with van der Waals surface area (Å²) in [6, 6.07) is 10.1. The van der Waals surface area contributed by atoms with Gasteiger partial charge in [-0.3, -0.25) is 4.98 Å². The standard InChI is InChI=1S/C14H14N2O/c1-3-10(9-15)14-13-8-12(17-2)5-4-11(13)6-7-16-14/h4-8,10H,3H2,1-2H3. The van der Waals surface area contributed by atoms with Crippen LogP contribution in [0.1, 0.15) is 25.0 Å². The predicted molar refractivity (Wildman–Crippen MR) is 66.9 cm³/mol. The molecule has 0 fully saturated rings. The number of nitriles is 1. The van der Waals surface area contributed by atoms with Crippen molar-refractivity contribution in [3.63, 3.8) is 0 Å². The first-order chi connectivity index (χ1) is 8.30. The van der Waals surface area contributed by atoms with Gasteiger partial charge in [0.1, 0.15) is 5.75 Å². The number of aromatic nitrogens is 1. The number of methoxy groups -OCH3 is 1. The van der Waals surface area contributed by atoms with E-state index in [0.717, 1.165) is 28.6 Å². The lowest BCUT2D eigenvalue weighted by Crippen LogP contribution is -1.98. The number of rotatable bonds is 3. The summed E-state index contributed by atoms with van der Waals surface area (Å²) in [6.45, 7) is 1.99. The Balaban J connectivity index is 2.66. The molecule has 0 spiro atoms. The maximum Gasteiger partial charge on any atom is 0.119 e. The van der Waals surface area contributed by atoms with Crippen molar-refractivity contribution in [1.29, 1.82) is 5.26 Å². The monoisotopic (exact) mass is 226 g/mol. The van der Waals surface area contributed by atoms with Crippen molar-refractivity contribution in [3.05, 3.63) is 36.2 Å². The summed E-state index contributed by atoms with van der Waals surface area (Å²) in [5.74, 6) is 0.630. The van der Waals surface area contributed by atoms with Crippen LogP contribution >= 0.6 is 0 Å². The summed E-state index contributed by atoms with van der Waals surface area (Å²) in [7, 11) is 1.64. The van der Waals surface area contributed by atoms with Gasteiger partial charge in [-0.2, -0.15) is 5.26 Å². The minimum Gasteiger partial charge on any atom is -0.497 e. The van der Waals surface area contributed by atoms with Crippen LogP contribution in [0.25, 0.3) is 10.8 Å². The van der Waals surface area contributed by atoms with Crippen LogP contribution in [0.5, 0.6) is 5.75 Å². The Hall–Kier alpha value is -2.08. The molecule has 0 saturated carbocycles. The van der Waals surface area contributed by atoms with Crippen LogP contribution in [0, 0.1) is 11.3 Å². The first-order valence-electron chi connectivity index (χ1n) is 5.62. The summed E-state index contributed by atoms with van der Waals surface area (Å²) in [5.41, 5.74) is 0.839. The predicted octanol–water partition coefficient (Wildman–Crippen LogP) is 3.26. The lowest BCUT2D eigenvalue weighted by molar-refractivity contribution is 0.415. The van der Waals surface area contributed by atoms with Gasteiger partial charge in [-0.1, -0.05) is 13.0 Å². The average molecular weight is 226 g/mol. The minimum atomic E-state index is -0.161. The maximum absolute atomic E-state index is 9.14. The Morgan fingerprint density at radius 3 is 2.88 bits per heavy atom. The molecule has 1 aromatic heterocycles. The third kappa shape index (κ3) is 2.07. The topological polar surface area (TPSA) is 45.9 Å². The molecule has 0 N–H and O–H groups in total. The van der Waals surface area contributed by atoms with E-state index >= 15 is 0 Å². The second-order valence-corrected chi connectivity index (χ2v) is 3.87. The largest absolute Gasteiger partial charge is 0.497 e. The van der Waals surface area contributed by atoms with E-state index in [0.29, 0.717) is 0 Å². The van der Waals surface area contributed by atoms with Crippen molar-refractivity contribution in [2.24, 2.45) is 0 Å². The van der Waals surface area contributed by atoms with Crippen LogP contribution in [-0.2, 0) is 0 Å². The molecule has 86 valence electrons. The van der Waals surface area contributed by atoms with E-state index in [1.165, 1.54) is 0 Å². The molecule has 17 heavy (non-hydrogen) atoms. The SMILES string of the molecule is CCC(C#N)c1nccc2ccc(OC)cc12. The normalized spacial score (nSPS) is 12.1. The molecule has 0 saturated heterocycles. The van der Waals surface area contributed by atoms with Crippen LogP contribution in [0.3, 0.4) is 0 Å². The van der Waals surface area contributed by atoms with Crippen molar-refractivity contribution >= 4 is 10.8 Å². The molecule has 1 unspecified atom stereocenters. The van der Waals surface area contributed by atoms with Crippen LogP contribution < -0.4 is 4.74 Å². The zero-order valence-electron chi connectivity index (χ0n) is 9.97. The lowest BCUT2D eigenvalue weighted by Gasteiger charge is -2.10. The van der Waals surface area contributed by atoms with Gasteiger partial charge in [-0.15, -0.1) is 0 Å². The summed E-state index contributed by atoms with van der Waals surface area (Å²) in [5, 5.41) is 11.2. The highest BCUT2D eigenvalue weighted by atomic mass is 16.5. The second kappa shape index (κ2) is 4.84. The Labute approximate surface area is 101 Å². The molecule has 3 heteroatoms. The van der Waals surface area contributed by atoms with Gasteiger partial charge >= 0.3 is 0 Å². The summed E-state index contributed by atoms with van der Waals surface area (Å²) < 4.78 is 5.21. The lowest BCUT2D eigenvalue weighted by atomic mass is 9.98. The van der Waals surface area contributed by atoms with E-state index in [-0.39, 0.29) is 5.92 Å². The van der Waals surface area contributed by atoms with E-state index in [1.807, 2.05) is 31.2 Å². The molecule has 0 radical (unpaired) electrons. The number of pyridine rings is 1. The van der Waals surface area contributed by atoms with Gasteiger partial charge in [-0.25, -0.2) is 0 Å². The van der Waals surface area contributed by atoms with Gasteiger partial charge in [0, 0.05) is 11.6 Å². The van der Waals surface area contributed by atoms with Gasteiger partial charge in [-0.05, 0) is 30.0 Å². The van der Waals surface area contributed by atoms with Crippen LogP contribution in [0.4, 0.5) is 0 Å². The van der Waals surface area contributed by atoms with Gasteiger partial charge in [0.25, 0.3) is 0 Å². The van der Waals surface area contributed by atoms with Crippen molar-refractivity contribution < 1.29 is 4.74 Å². The van der Waals surface area contributed by atoms with Crippen molar-refractivity contribution in [2.75, 3.05) is 7.11 Å². The second-order valence-electron chi connectivity index (χ2n) is 3.87. The van der Waals surface area contributed by atoms with Crippen LogP contribution in [-0.4, -0.2) is 12.1 Å². The molecule has 0 aliphatic carbocycles. The number of hydrogen-bond acceptors (Lipinski definition) is 3. The number of fused-ring (bicyclic) bond motifs is 1. The van der Waals surface area contributed by atoms with E-state index in [1.54, 1.807) is 13.3 Å². The zero-order valence-corrected chi connectivity index (χ0v) is 9.97. The summed E-state index contributed by atoms with van der Waals surface area (Å²) in [4.78, 5) is 4.35. The molecule has 0 amide bonds. The van der Waals surface area contributed by atoms with Gasteiger partial charge < -0.3 is 4.74 Å². The molecule has 0 aliphatic rings. The average Bonchev–Trinajstić information content (AvgIpc) is 2.40. The molecule has 2 aromatic rings. The van der Waals surface area contributed by atoms with Gasteiger partial charge in [0.2, 0.25) is 0 Å². The molecule has 1 atom stereocenters. The number of nitrogens with zero attached hydrogens (tertiary/aromatic N) is 2. The zero-order chi connectivity index (χ0) is 12.3. The molecule has 1 heterocycles. The van der Waals surface area contributed by atoms with Gasteiger partial charge in [0.15, 0.2) is 0 Å². The molecule has 1 aromatic carbocycles. The molecular formula is C14H14N2O. The van der Waals surface area contributed by atoms with Crippen LogP contribution in [0.2, 0.25) is 0 Å². The van der Waals surface area contributed by atoms with E-state index in [4.69, 9.17) is 10.00 Å². The van der Waals surface area contributed by atoms with Gasteiger partial charge in [0.05, 0.1) is 24.8 Å². The molecule has 0 aliphatic heterocycles. The van der Waals surface area contributed by atoms with Crippen LogP contribution in [0.15, 0.2) is 30.5 Å². The molecule has 0 bridgehead atoms. The van der Waals surface area contributed by atoms with Crippen molar-refractivity contribution in [2.45, 2.75) is 19.3 Å². The minimum absolute atomic E-state index is 0.161. The fourth-order valence-corrected chi connectivity index (χ4v) is 1.92. The summed E-state index contributed by atoms with van der Waals surface area (Å²) in [6.07, 6.45) is 2.52. The smallest absolute Gasteiger partial charge is 0.119 e. The Bertz CT molecular complexity index is 572. The van der Waals surface area contributed by atoms with Crippen molar-refractivity contribution in [3.8, 4) is 11.8 Å². The number of hydrogen-bond donors (Lipinski definition) is 0. The first kappa shape index (κ1) is 11.4. The maximum atomic E-state index is 9.14. The molecule has 3 nitrogen and oxygen atoms in total. The molecular weight excluding hydrogens is 212 g/mol. The first-order valence-corrected chi connectivity index (χ1v) is 5.62. The quantitative estimate of drug-likeness (QED) is 0.807.